The zero-order valence-electron chi connectivity index (χ0n) is 17.4. The van der Waals surface area contributed by atoms with E-state index in [2.05, 4.69) is 60.3 Å². The summed E-state index contributed by atoms with van der Waals surface area (Å²) in [7, 11) is 2.22. The van der Waals surface area contributed by atoms with Crippen molar-refractivity contribution in [2.45, 2.75) is 57.4 Å². The lowest BCUT2D eigenvalue weighted by atomic mass is 9.84. The minimum absolute atomic E-state index is 0.180. The van der Waals surface area contributed by atoms with Crippen molar-refractivity contribution in [1.29, 1.82) is 0 Å². The largest absolute Gasteiger partial charge is 0.370 e. The van der Waals surface area contributed by atoms with Crippen molar-refractivity contribution < 1.29 is 0 Å². The lowest BCUT2D eigenvalue weighted by molar-refractivity contribution is 0.0209. The van der Waals surface area contributed by atoms with Crippen molar-refractivity contribution in [2.24, 2.45) is 10.7 Å². The number of piperidine rings is 2. The number of nitrogens with zero attached hydrogens (tertiary/aromatic N) is 3. The fraction of sp³-hybridized carbons (Fsp3) is 0.682. The third kappa shape index (κ3) is 5.23. The Hall–Kier alpha value is -1.59. The number of guanidine groups is 1. The number of likely N-dealkylation sites (tertiary alicyclic amines) is 2. The maximum atomic E-state index is 6.27. The second-order valence-corrected chi connectivity index (χ2v) is 8.68. The average molecular weight is 372 g/mol. The first kappa shape index (κ1) is 20.2. The molecule has 150 valence electrons. The van der Waals surface area contributed by atoms with Crippen LogP contribution in [0.5, 0.6) is 0 Å². The fourth-order valence-corrected chi connectivity index (χ4v) is 4.37. The van der Waals surface area contributed by atoms with Gasteiger partial charge in [0.05, 0.1) is 6.54 Å². The third-order valence-electron chi connectivity index (χ3n) is 6.31. The highest BCUT2D eigenvalue weighted by molar-refractivity contribution is 5.92. The number of anilines is 1. The van der Waals surface area contributed by atoms with Gasteiger partial charge in [0.25, 0.3) is 0 Å². The van der Waals surface area contributed by atoms with Gasteiger partial charge in [0.2, 0.25) is 0 Å². The van der Waals surface area contributed by atoms with E-state index >= 15 is 0 Å². The molecule has 0 unspecified atom stereocenters. The van der Waals surface area contributed by atoms with Crippen molar-refractivity contribution in [3.63, 3.8) is 0 Å². The molecule has 1 aromatic rings. The Bertz CT molecular complexity index is 625. The fourth-order valence-electron chi connectivity index (χ4n) is 4.37. The number of hydrogen-bond donors (Lipinski definition) is 2. The minimum atomic E-state index is 0.180. The SMILES string of the molecule is CC(C)c1cccc(NC(N)=NCC2(N3CCCCC3)CCN(C)CC2)c1. The zero-order valence-corrected chi connectivity index (χ0v) is 17.4. The molecule has 27 heavy (non-hydrogen) atoms. The molecule has 2 saturated heterocycles. The minimum Gasteiger partial charge on any atom is -0.370 e. The number of aliphatic imine (C=N–C) groups is 1. The molecular formula is C22H37N5. The van der Waals surface area contributed by atoms with Crippen LogP contribution in [0.4, 0.5) is 5.69 Å². The molecule has 5 heteroatoms. The lowest BCUT2D eigenvalue weighted by Gasteiger charge is -2.49. The van der Waals surface area contributed by atoms with Crippen LogP contribution in [0.2, 0.25) is 0 Å². The van der Waals surface area contributed by atoms with Gasteiger partial charge in [0.1, 0.15) is 0 Å². The Morgan fingerprint density at radius 3 is 2.52 bits per heavy atom. The van der Waals surface area contributed by atoms with Crippen molar-refractivity contribution in [3.05, 3.63) is 29.8 Å². The van der Waals surface area contributed by atoms with E-state index in [9.17, 15) is 0 Å². The summed E-state index contributed by atoms with van der Waals surface area (Å²) in [6, 6.07) is 8.47. The molecule has 2 fully saturated rings. The molecule has 0 aliphatic carbocycles. The van der Waals surface area contributed by atoms with Gasteiger partial charge in [-0.1, -0.05) is 32.4 Å². The van der Waals surface area contributed by atoms with Gasteiger partial charge in [-0.3, -0.25) is 9.89 Å². The molecule has 0 atom stereocenters. The van der Waals surface area contributed by atoms with Gasteiger partial charge < -0.3 is 16.0 Å². The van der Waals surface area contributed by atoms with Gasteiger partial charge in [-0.05, 0) is 82.5 Å². The van der Waals surface area contributed by atoms with Gasteiger partial charge in [-0.2, -0.15) is 0 Å². The predicted octanol–water partition coefficient (Wildman–Crippen LogP) is 3.49. The first-order valence-corrected chi connectivity index (χ1v) is 10.6. The van der Waals surface area contributed by atoms with E-state index in [1.54, 1.807) is 0 Å². The molecule has 5 nitrogen and oxygen atoms in total. The predicted molar refractivity (Wildman–Crippen MR) is 116 cm³/mol. The molecule has 2 aliphatic rings. The Morgan fingerprint density at radius 1 is 1.15 bits per heavy atom. The van der Waals surface area contributed by atoms with E-state index in [1.807, 2.05) is 0 Å². The zero-order chi connectivity index (χ0) is 19.3. The summed E-state index contributed by atoms with van der Waals surface area (Å²) in [6.45, 7) is 9.93. The van der Waals surface area contributed by atoms with Crippen molar-refractivity contribution >= 4 is 11.6 Å². The van der Waals surface area contributed by atoms with E-state index in [4.69, 9.17) is 10.7 Å². The second kappa shape index (κ2) is 9.07. The average Bonchev–Trinajstić information content (AvgIpc) is 2.69. The molecule has 0 aromatic heterocycles. The maximum absolute atomic E-state index is 6.27. The molecule has 1 aromatic carbocycles. The topological polar surface area (TPSA) is 56.9 Å². The van der Waals surface area contributed by atoms with E-state index in [-0.39, 0.29) is 5.54 Å². The van der Waals surface area contributed by atoms with Crippen LogP contribution in [0.15, 0.2) is 29.3 Å². The summed E-state index contributed by atoms with van der Waals surface area (Å²) in [5.74, 6) is 1.04. The maximum Gasteiger partial charge on any atom is 0.193 e. The van der Waals surface area contributed by atoms with Crippen LogP contribution in [0.25, 0.3) is 0 Å². The van der Waals surface area contributed by atoms with Gasteiger partial charge in [-0.15, -0.1) is 0 Å². The molecule has 0 bridgehead atoms. The smallest absolute Gasteiger partial charge is 0.193 e. The van der Waals surface area contributed by atoms with Gasteiger partial charge in [-0.25, -0.2) is 0 Å². The number of hydrogen-bond acceptors (Lipinski definition) is 3. The molecule has 0 radical (unpaired) electrons. The van der Waals surface area contributed by atoms with Crippen LogP contribution < -0.4 is 11.1 Å². The van der Waals surface area contributed by atoms with E-state index in [0.717, 1.165) is 25.3 Å². The van der Waals surface area contributed by atoms with Crippen LogP contribution in [-0.2, 0) is 0 Å². The van der Waals surface area contributed by atoms with Crippen LogP contribution in [0.3, 0.4) is 0 Å². The number of rotatable bonds is 5. The first-order valence-electron chi connectivity index (χ1n) is 10.6. The lowest BCUT2D eigenvalue weighted by Crippen LogP contribution is -2.58. The first-order chi connectivity index (χ1) is 13.0. The molecule has 2 aliphatic heterocycles. The summed E-state index contributed by atoms with van der Waals surface area (Å²) in [6.07, 6.45) is 6.37. The van der Waals surface area contributed by atoms with Gasteiger partial charge >= 0.3 is 0 Å². The Labute approximate surface area is 165 Å². The van der Waals surface area contributed by atoms with Crippen molar-refractivity contribution in [3.8, 4) is 0 Å². The third-order valence-corrected chi connectivity index (χ3v) is 6.31. The van der Waals surface area contributed by atoms with Crippen molar-refractivity contribution in [2.75, 3.05) is 45.1 Å². The quantitative estimate of drug-likeness (QED) is 0.614. The van der Waals surface area contributed by atoms with Gasteiger partial charge in [0, 0.05) is 11.2 Å². The number of nitrogens with one attached hydrogen (secondary N) is 1. The van der Waals surface area contributed by atoms with E-state index in [1.165, 1.54) is 50.8 Å². The summed E-state index contributed by atoms with van der Waals surface area (Å²) in [5, 5.41) is 3.30. The molecule has 2 heterocycles. The van der Waals surface area contributed by atoms with E-state index < -0.39 is 0 Å². The summed E-state index contributed by atoms with van der Waals surface area (Å²) < 4.78 is 0. The highest BCUT2D eigenvalue weighted by Crippen LogP contribution is 2.31. The Morgan fingerprint density at radius 2 is 1.85 bits per heavy atom. The standard InChI is InChI=1S/C22H37N5/c1-18(2)19-8-7-9-20(16-19)25-21(23)24-17-22(10-14-26(3)15-11-22)27-12-5-4-6-13-27/h7-9,16,18H,4-6,10-15,17H2,1-3H3,(H3,23,24,25). The normalized spacial score (nSPS) is 22.1. The molecular weight excluding hydrogens is 334 g/mol. The summed E-state index contributed by atoms with van der Waals surface area (Å²) in [5.41, 5.74) is 8.79. The van der Waals surface area contributed by atoms with Crippen LogP contribution >= 0.6 is 0 Å². The molecule has 0 saturated carbocycles. The number of nitrogens with two attached hydrogens (primary N) is 1. The molecule has 0 spiro atoms. The molecule has 3 N–H and O–H groups in total. The van der Waals surface area contributed by atoms with Crippen LogP contribution in [-0.4, -0.2) is 61.1 Å². The Kier molecular flexibility index (Phi) is 6.77. The van der Waals surface area contributed by atoms with E-state index in [0.29, 0.717) is 11.9 Å². The monoisotopic (exact) mass is 371 g/mol. The number of benzene rings is 1. The molecule has 3 rings (SSSR count). The van der Waals surface area contributed by atoms with Crippen LogP contribution in [0.1, 0.15) is 57.4 Å². The second-order valence-electron chi connectivity index (χ2n) is 8.68. The van der Waals surface area contributed by atoms with Gasteiger partial charge in [0.15, 0.2) is 5.96 Å². The van der Waals surface area contributed by atoms with Crippen LogP contribution in [0, 0.1) is 0 Å². The highest BCUT2D eigenvalue weighted by atomic mass is 15.3. The molecule has 0 amide bonds. The highest BCUT2D eigenvalue weighted by Gasteiger charge is 2.39. The summed E-state index contributed by atoms with van der Waals surface area (Å²) in [4.78, 5) is 9.96. The van der Waals surface area contributed by atoms with Crippen molar-refractivity contribution in [1.82, 2.24) is 9.80 Å². The summed E-state index contributed by atoms with van der Waals surface area (Å²) >= 11 is 0. The Balaban J connectivity index is 1.69.